The first-order chi connectivity index (χ1) is 13.5. The van der Waals surface area contributed by atoms with Gasteiger partial charge in [-0.3, -0.25) is 25.8 Å². The summed E-state index contributed by atoms with van der Waals surface area (Å²) in [5, 5.41) is 3.00. The lowest BCUT2D eigenvalue weighted by Crippen LogP contribution is -2.49. The Morgan fingerprint density at radius 1 is 1.07 bits per heavy atom. The Bertz CT molecular complexity index is 852. The Kier molecular flexibility index (Phi) is 8.45. The number of ether oxygens (including phenoxy) is 1. The topological polar surface area (TPSA) is 79.5 Å². The number of hydrazine groups is 1. The number of benzene rings is 2. The van der Waals surface area contributed by atoms with Crippen molar-refractivity contribution >= 4 is 46.8 Å². The van der Waals surface area contributed by atoms with E-state index < -0.39 is 11.8 Å². The van der Waals surface area contributed by atoms with Gasteiger partial charge in [0.2, 0.25) is 5.91 Å². The lowest BCUT2D eigenvalue weighted by molar-refractivity contribution is -0.123. The van der Waals surface area contributed by atoms with Gasteiger partial charge in [-0.05, 0) is 60.1 Å². The van der Waals surface area contributed by atoms with Gasteiger partial charge in [0.25, 0.3) is 5.91 Å². The fourth-order valence-electron chi connectivity index (χ4n) is 2.06. The molecule has 2 rings (SSSR count). The number of amides is 2. The zero-order valence-corrected chi connectivity index (χ0v) is 16.8. The minimum absolute atomic E-state index is 0.0357. The average molecular weight is 418 g/mol. The number of halogens is 1. The van der Waals surface area contributed by atoms with Gasteiger partial charge in [0.15, 0.2) is 11.7 Å². The minimum Gasteiger partial charge on any atom is -0.484 e. The Morgan fingerprint density at radius 2 is 1.75 bits per heavy atom. The molecule has 146 valence electrons. The average Bonchev–Trinajstić information content (AvgIpc) is 2.70. The van der Waals surface area contributed by atoms with Crippen molar-refractivity contribution in [2.45, 2.75) is 13.3 Å². The van der Waals surface area contributed by atoms with Crippen LogP contribution < -0.4 is 20.9 Å². The number of thiocarbonyl (C=S) groups is 1. The molecule has 0 fully saturated rings. The molecule has 0 aliphatic heterocycles. The van der Waals surface area contributed by atoms with Crippen LogP contribution in [0.15, 0.2) is 54.6 Å². The molecular weight excluding hydrogens is 398 g/mol. The number of aryl methyl sites for hydroxylation is 1. The molecule has 0 radical (unpaired) electrons. The van der Waals surface area contributed by atoms with E-state index in [2.05, 4.69) is 23.1 Å². The predicted molar refractivity (Wildman–Crippen MR) is 114 cm³/mol. The predicted octanol–water partition coefficient (Wildman–Crippen LogP) is 3.02. The SMILES string of the molecule is CCc1ccc(OCC(=O)NNC(=S)NC(=O)/C=C/c2ccc(Cl)cc2)cc1. The molecule has 2 aromatic carbocycles. The molecule has 8 heteroatoms. The largest absolute Gasteiger partial charge is 0.484 e. The van der Waals surface area contributed by atoms with Crippen LogP contribution >= 0.6 is 23.8 Å². The molecule has 0 unspecified atom stereocenters. The van der Waals surface area contributed by atoms with Gasteiger partial charge in [-0.15, -0.1) is 0 Å². The van der Waals surface area contributed by atoms with Crippen molar-refractivity contribution in [2.24, 2.45) is 0 Å². The van der Waals surface area contributed by atoms with Gasteiger partial charge in [0.1, 0.15) is 5.75 Å². The summed E-state index contributed by atoms with van der Waals surface area (Å²) < 4.78 is 5.37. The summed E-state index contributed by atoms with van der Waals surface area (Å²) in [6.07, 6.45) is 3.87. The van der Waals surface area contributed by atoms with Crippen molar-refractivity contribution < 1.29 is 14.3 Å². The molecule has 2 amide bonds. The van der Waals surface area contributed by atoms with Gasteiger partial charge in [-0.25, -0.2) is 0 Å². The molecule has 0 aromatic heterocycles. The molecule has 28 heavy (non-hydrogen) atoms. The maximum atomic E-state index is 11.8. The molecular formula is C20H20ClN3O3S. The minimum atomic E-state index is -0.437. The quantitative estimate of drug-likeness (QED) is 0.382. The lowest BCUT2D eigenvalue weighted by Gasteiger charge is -2.10. The van der Waals surface area contributed by atoms with E-state index in [9.17, 15) is 9.59 Å². The van der Waals surface area contributed by atoms with Crippen LogP contribution in [0.2, 0.25) is 5.02 Å². The maximum Gasteiger partial charge on any atom is 0.276 e. The highest BCUT2D eigenvalue weighted by Gasteiger charge is 2.05. The van der Waals surface area contributed by atoms with Gasteiger partial charge in [-0.1, -0.05) is 42.8 Å². The standard InChI is InChI=1S/C20H20ClN3O3S/c1-2-14-5-10-17(11-6-14)27-13-19(26)23-24-20(28)22-18(25)12-7-15-3-8-16(21)9-4-15/h3-12H,2,13H2,1H3,(H,23,26)(H2,22,24,25,28)/b12-7+. The zero-order valence-electron chi connectivity index (χ0n) is 15.2. The van der Waals surface area contributed by atoms with Gasteiger partial charge < -0.3 is 4.74 Å². The van der Waals surface area contributed by atoms with E-state index in [-0.39, 0.29) is 11.7 Å². The van der Waals surface area contributed by atoms with E-state index >= 15 is 0 Å². The second-order valence-corrected chi connectivity index (χ2v) is 6.51. The molecule has 0 spiro atoms. The molecule has 6 nitrogen and oxygen atoms in total. The van der Waals surface area contributed by atoms with Crippen molar-refractivity contribution in [2.75, 3.05) is 6.61 Å². The van der Waals surface area contributed by atoms with E-state index in [1.807, 2.05) is 12.1 Å². The van der Waals surface area contributed by atoms with E-state index in [4.69, 9.17) is 28.6 Å². The van der Waals surface area contributed by atoms with Crippen LogP contribution in [0.25, 0.3) is 6.08 Å². The molecule has 0 bridgehead atoms. The summed E-state index contributed by atoms with van der Waals surface area (Å²) >= 11 is 10.8. The Morgan fingerprint density at radius 3 is 2.39 bits per heavy atom. The highest BCUT2D eigenvalue weighted by Crippen LogP contribution is 2.12. The molecule has 0 heterocycles. The van der Waals surface area contributed by atoms with Gasteiger partial charge in [0.05, 0.1) is 0 Å². The smallest absolute Gasteiger partial charge is 0.276 e. The highest BCUT2D eigenvalue weighted by atomic mass is 35.5. The van der Waals surface area contributed by atoms with Crippen molar-refractivity contribution in [3.8, 4) is 5.75 Å². The first-order valence-electron chi connectivity index (χ1n) is 8.51. The van der Waals surface area contributed by atoms with E-state index in [0.29, 0.717) is 10.8 Å². The summed E-state index contributed by atoms with van der Waals surface area (Å²) in [6.45, 7) is 1.87. The van der Waals surface area contributed by atoms with Gasteiger partial charge in [-0.2, -0.15) is 0 Å². The van der Waals surface area contributed by atoms with Gasteiger partial charge in [0, 0.05) is 11.1 Å². The van der Waals surface area contributed by atoms with Crippen LogP contribution in [0.4, 0.5) is 0 Å². The molecule has 0 saturated carbocycles. The second-order valence-electron chi connectivity index (χ2n) is 5.66. The summed E-state index contributed by atoms with van der Waals surface area (Å²) in [4.78, 5) is 23.6. The van der Waals surface area contributed by atoms with Crippen LogP contribution in [-0.2, 0) is 16.0 Å². The molecule has 0 aliphatic carbocycles. The molecule has 0 aliphatic rings. The molecule has 0 saturated heterocycles. The fourth-order valence-corrected chi connectivity index (χ4v) is 2.34. The van der Waals surface area contributed by atoms with Crippen molar-refractivity contribution in [3.63, 3.8) is 0 Å². The number of nitrogens with one attached hydrogen (secondary N) is 3. The van der Waals surface area contributed by atoms with E-state index in [0.717, 1.165) is 12.0 Å². The first kappa shape index (κ1) is 21.4. The Hall–Kier alpha value is -2.90. The first-order valence-corrected chi connectivity index (χ1v) is 9.30. The van der Waals surface area contributed by atoms with Crippen molar-refractivity contribution in [3.05, 3.63) is 70.8 Å². The summed E-state index contributed by atoms with van der Waals surface area (Å²) in [6, 6.07) is 14.5. The Balaban J connectivity index is 1.68. The third-order valence-electron chi connectivity index (χ3n) is 3.55. The maximum absolute atomic E-state index is 11.8. The third-order valence-corrected chi connectivity index (χ3v) is 4.01. The molecule has 3 N–H and O–H groups in total. The highest BCUT2D eigenvalue weighted by molar-refractivity contribution is 7.80. The molecule has 2 aromatic rings. The summed E-state index contributed by atoms with van der Waals surface area (Å²) in [5.41, 5.74) is 6.79. The van der Waals surface area contributed by atoms with Crippen LogP contribution in [0.5, 0.6) is 5.75 Å². The van der Waals surface area contributed by atoms with Gasteiger partial charge >= 0.3 is 0 Å². The number of carbonyl (C=O) groups is 2. The van der Waals surface area contributed by atoms with Crippen LogP contribution in [-0.4, -0.2) is 23.5 Å². The summed E-state index contributed by atoms with van der Waals surface area (Å²) in [7, 11) is 0. The normalized spacial score (nSPS) is 10.4. The third kappa shape index (κ3) is 7.77. The van der Waals surface area contributed by atoms with E-state index in [1.54, 1.807) is 42.5 Å². The molecule has 0 atom stereocenters. The zero-order chi connectivity index (χ0) is 20.4. The summed E-state index contributed by atoms with van der Waals surface area (Å²) in [5.74, 6) is -0.280. The number of carbonyl (C=O) groups excluding carboxylic acids is 2. The monoisotopic (exact) mass is 417 g/mol. The van der Waals surface area contributed by atoms with E-state index in [1.165, 1.54) is 11.6 Å². The van der Waals surface area contributed by atoms with Crippen molar-refractivity contribution in [1.29, 1.82) is 0 Å². The number of rotatable bonds is 6. The Labute approximate surface area is 173 Å². The number of hydrogen-bond acceptors (Lipinski definition) is 4. The number of hydrogen-bond donors (Lipinski definition) is 3. The van der Waals surface area contributed by atoms with Crippen LogP contribution in [0.3, 0.4) is 0 Å². The fraction of sp³-hybridized carbons (Fsp3) is 0.150. The van der Waals surface area contributed by atoms with Crippen molar-refractivity contribution in [1.82, 2.24) is 16.2 Å². The van der Waals surface area contributed by atoms with Crippen LogP contribution in [0, 0.1) is 0 Å². The second kappa shape index (κ2) is 11.1. The lowest BCUT2D eigenvalue weighted by atomic mass is 10.2. The van der Waals surface area contributed by atoms with Crippen LogP contribution in [0.1, 0.15) is 18.1 Å².